The van der Waals surface area contributed by atoms with E-state index in [4.69, 9.17) is 22.1 Å². The second-order valence-electron chi connectivity index (χ2n) is 7.50. The number of nitrogens with two attached hydrogens (primary N) is 1. The van der Waals surface area contributed by atoms with Crippen LogP contribution in [0.15, 0.2) is 65.5 Å². The lowest BCUT2D eigenvalue weighted by Crippen LogP contribution is -2.43. The molecule has 0 spiro atoms. The molecule has 0 amide bonds. The number of nitrogens with zero attached hydrogens (tertiary/aromatic N) is 4. The second kappa shape index (κ2) is 10.5. The van der Waals surface area contributed by atoms with Crippen molar-refractivity contribution in [2.45, 2.75) is 26.3 Å². The highest BCUT2D eigenvalue weighted by atomic mass is 35.5. The van der Waals surface area contributed by atoms with Crippen molar-refractivity contribution in [3.8, 4) is 0 Å². The Labute approximate surface area is 201 Å². The quantitative estimate of drug-likeness (QED) is 0.259. The zero-order valence-electron chi connectivity index (χ0n) is 19.0. The van der Waals surface area contributed by atoms with Crippen molar-refractivity contribution in [3.05, 3.63) is 97.7 Å². The lowest BCUT2D eigenvalue weighted by atomic mass is 9.85. The van der Waals surface area contributed by atoms with E-state index in [0.717, 1.165) is 5.56 Å². The summed E-state index contributed by atoms with van der Waals surface area (Å²) in [5, 5.41) is 12.8. The summed E-state index contributed by atoms with van der Waals surface area (Å²) in [4.78, 5) is 31.9. The van der Waals surface area contributed by atoms with E-state index in [-0.39, 0.29) is 41.6 Å². The van der Waals surface area contributed by atoms with Gasteiger partial charge in [0.05, 0.1) is 17.1 Å². The minimum atomic E-state index is -1.38. The molecule has 1 aromatic carbocycles. The number of carbonyl (C=O) groups is 1. The fourth-order valence-electron chi connectivity index (χ4n) is 3.94. The molecule has 1 aliphatic rings. The van der Waals surface area contributed by atoms with Crippen LogP contribution < -0.4 is 5.73 Å². The Morgan fingerprint density at radius 2 is 2.03 bits per heavy atom. The number of esters is 1. The highest BCUT2D eigenvalue weighted by molar-refractivity contribution is 6.29. The molecular formula is C23H25ClFN5O4. The van der Waals surface area contributed by atoms with Crippen molar-refractivity contribution in [2.75, 3.05) is 20.2 Å². The molecule has 0 fully saturated rings. The van der Waals surface area contributed by atoms with Gasteiger partial charge in [-0.05, 0) is 31.5 Å². The summed E-state index contributed by atoms with van der Waals surface area (Å²) in [5.41, 5.74) is 6.49. The first-order valence-corrected chi connectivity index (χ1v) is 11.0. The van der Waals surface area contributed by atoms with Crippen molar-refractivity contribution in [3.63, 3.8) is 0 Å². The lowest BCUT2D eigenvalue weighted by molar-refractivity contribution is -0.433. The summed E-state index contributed by atoms with van der Waals surface area (Å²) in [6, 6.07) is 8.97. The van der Waals surface area contributed by atoms with Crippen LogP contribution in [-0.2, 0) is 16.1 Å². The molecule has 2 aromatic rings. The van der Waals surface area contributed by atoms with E-state index in [0.29, 0.717) is 11.7 Å². The molecule has 0 bridgehead atoms. The van der Waals surface area contributed by atoms with Crippen LogP contribution in [0.2, 0.25) is 5.15 Å². The topological polar surface area (TPSA) is 115 Å². The molecule has 34 heavy (non-hydrogen) atoms. The minimum absolute atomic E-state index is 0.0261. The fraction of sp³-hybridized carbons (Fsp3) is 0.304. The Kier molecular flexibility index (Phi) is 7.72. The number of aromatic nitrogens is 1. The second-order valence-corrected chi connectivity index (χ2v) is 7.89. The van der Waals surface area contributed by atoms with Crippen molar-refractivity contribution in [2.24, 2.45) is 5.73 Å². The third kappa shape index (κ3) is 4.81. The monoisotopic (exact) mass is 489 g/mol. The van der Waals surface area contributed by atoms with Gasteiger partial charge in [-0.15, -0.1) is 0 Å². The van der Waals surface area contributed by atoms with Gasteiger partial charge in [-0.3, -0.25) is 10.1 Å². The van der Waals surface area contributed by atoms with Crippen molar-refractivity contribution in [1.29, 1.82) is 0 Å². The van der Waals surface area contributed by atoms with E-state index in [2.05, 4.69) is 4.98 Å². The van der Waals surface area contributed by atoms with Gasteiger partial charge in [-0.2, -0.15) is 0 Å². The number of carbonyl (C=O) groups excluding carboxylic acids is 1. The molecule has 1 unspecified atom stereocenters. The number of benzene rings is 1. The molecule has 3 rings (SSSR count). The molecule has 11 heteroatoms. The molecule has 2 heterocycles. The molecule has 180 valence electrons. The maximum Gasteiger partial charge on any atom is 0.338 e. The molecule has 1 aliphatic heterocycles. The normalized spacial score (nSPS) is 16.0. The lowest BCUT2D eigenvalue weighted by Gasteiger charge is -2.38. The summed E-state index contributed by atoms with van der Waals surface area (Å²) in [5.74, 6) is -2.83. The Morgan fingerprint density at radius 3 is 2.59 bits per heavy atom. The van der Waals surface area contributed by atoms with Crippen molar-refractivity contribution >= 4 is 17.6 Å². The fourth-order valence-corrected chi connectivity index (χ4v) is 4.05. The third-order valence-corrected chi connectivity index (χ3v) is 5.72. The summed E-state index contributed by atoms with van der Waals surface area (Å²) in [7, 11) is 1.52. The van der Waals surface area contributed by atoms with Crippen molar-refractivity contribution < 1.29 is 18.8 Å². The number of hydrogen-bond acceptors (Lipinski definition) is 8. The van der Waals surface area contributed by atoms with Crippen molar-refractivity contribution in [1.82, 2.24) is 14.8 Å². The molecular weight excluding hydrogens is 465 g/mol. The van der Waals surface area contributed by atoms with Crippen LogP contribution in [-0.4, -0.2) is 45.9 Å². The standard InChI is InChI=1S/C23H25ClFN5O4/c1-4-29(13-14-10-11-17(24)27-12-14)22-20(30(32)33)18(15-8-6-7-9-16(15)25)19(21(26)28(22)3)23(31)34-5-2/h6-12,18H,4-5,13,26H2,1-3H3. The molecule has 0 radical (unpaired) electrons. The van der Waals surface area contributed by atoms with Gasteiger partial charge in [0.2, 0.25) is 0 Å². The van der Waals surface area contributed by atoms with E-state index < -0.39 is 22.6 Å². The highest BCUT2D eigenvalue weighted by Crippen LogP contribution is 2.42. The number of halogens is 2. The zero-order valence-corrected chi connectivity index (χ0v) is 19.8. The van der Waals surface area contributed by atoms with Crippen LogP contribution in [0, 0.1) is 15.9 Å². The summed E-state index contributed by atoms with van der Waals surface area (Å²) in [6.07, 6.45) is 1.57. The molecule has 1 atom stereocenters. The van der Waals surface area contributed by atoms with Crippen LogP contribution in [0.25, 0.3) is 0 Å². The van der Waals surface area contributed by atoms with Gasteiger partial charge in [0.1, 0.15) is 22.7 Å². The van der Waals surface area contributed by atoms with Crippen LogP contribution in [0.1, 0.15) is 30.9 Å². The van der Waals surface area contributed by atoms with E-state index >= 15 is 0 Å². The first-order valence-electron chi connectivity index (χ1n) is 10.6. The minimum Gasteiger partial charge on any atom is -0.463 e. The number of allylic oxidation sites excluding steroid dienone is 1. The number of pyridine rings is 1. The Morgan fingerprint density at radius 1 is 1.32 bits per heavy atom. The first-order chi connectivity index (χ1) is 16.2. The average molecular weight is 490 g/mol. The van der Waals surface area contributed by atoms with Gasteiger partial charge in [-0.1, -0.05) is 35.9 Å². The Hall–Kier alpha value is -3.66. The number of rotatable bonds is 8. The summed E-state index contributed by atoms with van der Waals surface area (Å²) >= 11 is 5.88. The number of hydrogen-bond donors (Lipinski definition) is 1. The summed E-state index contributed by atoms with van der Waals surface area (Å²) < 4.78 is 20.1. The van der Waals surface area contributed by atoms with E-state index in [1.54, 1.807) is 36.2 Å². The van der Waals surface area contributed by atoms with E-state index in [1.807, 2.05) is 6.92 Å². The maximum atomic E-state index is 14.9. The Bertz CT molecular complexity index is 1150. The summed E-state index contributed by atoms with van der Waals surface area (Å²) in [6.45, 7) is 4.04. The third-order valence-electron chi connectivity index (χ3n) is 5.50. The van der Waals surface area contributed by atoms with E-state index in [9.17, 15) is 19.3 Å². The van der Waals surface area contributed by atoms with Crippen LogP contribution in [0.5, 0.6) is 0 Å². The Balaban J connectivity index is 2.25. The number of nitro groups is 1. The molecule has 1 aromatic heterocycles. The van der Waals surface area contributed by atoms with Gasteiger partial charge in [0.15, 0.2) is 5.82 Å². The van der Waals surface area contributed by atoms with E-state index in [1.165, 1.54) is 30.1 Å². The predicted octanol–water partition coefficient (Wildman–Crippen LogP) is 3.60. The molecule has 0 aliphatic carbocycles. The predicted molar refractivity (Wildman–Crippen MR) is 124 cm³/mol. The molecule has 9 nitrogen and oxygen atoms in total. The highest BCUT2D eigenvalue weighted by Gasteiger charge is 2.47. The maximum absolute atomic E-state index is 14.9. The van der Waals surface area contributed by atoms with Crippen LogP contribution in [0.4, 0.5) is 4.39 Å². The molecule has 0 saturated heterocycles. The first kappa shape index (κ1) is 25.0. The van der Waals surface area contributed by atoms with Gasteiger partial charge in [0, 0.05) is 31.9 Å². The van der Waals surface area contributed by atoms with Gasteiger partial charge in [0.25, 0.3) is 5.70 Å². The SMILES string of the molecule is CCOC(=O)C1=C(N)N(C)C(N(CC)Cc2ccc(Cl)nc2)=C([N+](=O)[O-])C1c1ccccc1F. The van der Waals surface area contributed by atoms with Gasteiger partial charge < -0.3 is 20.3 Å². The average Bonchev–Trinajstić information content (AvgIpc) is 2.80. The van der Waals surface area contributed by atoms with Crippen LogP contribution in [0.3, 0.4) is 0 Å². The van der Waals surface area contributed by atoms with Gasteiger partial charge in [-0.25, -0.2) is 14.2 Å². The molecule has 0 saturated carbocycles. The van der Waals surface area contributed by atoms with Crippen LogP contribution >= 0.6 is 11.6 Å². The van der Waals surface area contributed by atoms with Gasteiger partial charge >= 0.3 is 5.97 Å². The zero-order chi connectivity index (χ0) is 25.0. The molecule has 2 N–H and O–H groups in total. The largest absolute Gasteiger partial charge is 0.463 e. The smallest absolute Gasteiger partial charge is 0.338 e. The number of ether oxygens (including phenoxy) is 1.